The molecule has 0 bridgehead atoms. The first-order valence-corrected chi connectivity index (χ1v) is 11.9. The summed E-state index contributed by atoms with van der Waals surface area (Å²) in [5.41, 5.74) is 3.55. The van der Waals surface area contributed by atoms with Gasteiger partial charge in [-0.3, -0.25) is 14.2 Å². The zero-order valence-corrected chi connectivity index (χ0v) is 18.3. The second-order valence-corrected chi connectivity index (χ2v) is 8.83. The molecule has 1 saturated heterocycles. The smallest absolute Gasteiger partial charge is 0.310 e. The summed E-state index contributed by atoms with van der Waals surface area (Å²) >= 11 is 1.50. The largest absolute Gasteiger partial charge is 0.466 e. The van der Waals surface area contributed by atoms with E-state index in [0.29, 0.717) is 25.4 Å². The van der Waals surface area contributed by atoms with Crippen LogP contribution in [0.3, 0.4) is 0 Å². The molecule has 1 fully saturated rings. The summed E-state index contributed by atoms with van der Waals surface area (Å²) in [6.45, 7) is 3.36. The zero-order valence-electron chi connectivity index (χ0n) is 17.5. The molecular formula is C23H29N3O3S. The van der Waals surface area contributed by atoms with Crippen LogP contribution < -0.4 is 0 Å². The quantitative estimate of drug-likeness (QED) is 0.520. The van der Waals surface area contributed by atoms with Gasteiger partial charge < -0.3 is 9.64 Å². The van der Waals surface area contributed by atoms with E-state index >= 15 is 0 Å². The van der Waals surface area contributed by atoms with Gasteiger partial charge in [0.05, 0.1) is 24.0 Å². The average Bonchev–Trinajstić information content (AvgIpc) is 3.16. The normalized spacial score (nSPS) is 18.7. The molecule has 1 unspecified atom stereocenters. The van der Waals surface area contributed by atoms with Gasteiger partial charge in [0.25, 0.3) is 0 Å². The number of carbonyl (C=O) groups is 2. The van der Waals surface area contributed by atoms with Gasteiger partial charge in [-0.2, -0.15) is 0 Å². The number of thioether (sulfide) groups is 1. The van der Waals surface area contributed by atoms with Crippen LogP contribution in [0.4, 0.5) is 0 Å². The number of benzene rings is 1. The number of nitrogens with zero attached hydrogens (tertiary/aromatic N) is 3. The summed E-state index contributed by atoms with van der Waals surface area (Å²) in [5, 5.41) is 0.889. The fourth-order valence-electron chi connectivity index (χ4n) is 4.33. The summed E-state index contributed by atoms with van der Waals surface area (Å²) in [6, 6.07) is 10.3. The van der Waals surface area contributed by atoms with E-state index < -0.39 is 0 Å². The van der Waals surface area contributed by atoms with Crippen molar-refractivity contribution < 1.29 is 14.3 Å². The number of rotatable bonds is 6. The van der Waals surface area contributed by atoms with E-state index in [-0.39, 0.29) is 17.8 Å². The van der Waals surface area contributed by atoms with Crippen molar-refractivity contribution in [2.45, 2.75) is 50.6 Å². The van der Waals surface area contributed by atoms with Gasteiger partial charge >= 0.3 is 5.97 Å². The Kier molecular flexibility index (Phi) is 6.77. The molecule has 30 heavy (non-hydrogen) atoms. The maximum absolute atomic E-state index is 12.9. The van der Waals surface area contributed by atoms with Crippen LogP contribution in [0.2, 0.25) is 0 Å². The van der Waals surface area contributed by atoms with Crippen LogP contribution in [0.25, 0.3) is 5.69 Å². The van der Waals surface area contributed by atoms with Crippen molar-refractivity contribution >= 4 is 23.6 Å². The zero-order chi connectivity index (χ0) is 20.9. The number of aromatic nitrogens is 2. The van der Waals surface area contributed by atoms with Gasteiger partial charge in [0.2, 0.25) is 5.91 Å². The number of fused-ring (bicyclic) bond motifs is 1. The van der Waals surface area contributed by atoms with Crippen molar-refractivity contribution in [1.82, 2.24) is 14.5 Å². The molecule has 0 radical (unpaired) electrons. The molecule has 1 atom stereocenters. The highest BCUT2D eigenvalue weighted by atomic mass is 32.2. The first-order valence-electron chi connectivity index (χ1n) is 10.9. The highest BCUT2D eigenvalue weighted by Crippen LogP contribution is 2.31. The van der Waals surface area contributed by atoms with Gasteiger partial charge in [0, 0.05) is 24.5 Å². The molecule has 0 saturated carbocycles. The Bertz CT molecular complexity index is 897. The second kappa shape index (κ2) is 9.69. The Balaban J connectivity index is 1.46. The lowest BCUT2D eigenvalue weighted by Gasteiger charge is -2.31. The minimum atomic E-state index is -0.203. The Morgan fingerprint density at radius 3 is 2.77 bits per heavy atom. The van der Waals surface area contributed by atoms with Gasteiger partial charge in [-0.25, -0.2) is 4.98 Å². The van der Waals surface area contributed by atoms with E-state index in [1.165, 1.54) is 36.0 Å². The van der Waals surface area contributed by atoms with Crippen molar-refractivity contribution in [2.75, 3.05) is 25.4 Å². The topological polar surface area (TPSA) is 64.4 Å². The van der Waals surface area contributed by atoms with E-state index in [0.717, 1.165) is 36.5 Å². The monoisotopic (exact) mass is 427 g/mol. The molecule has 1 amide bonds. The number of hydrogen-bond donors (Lipinski definition) is 0. The van der Waals surface area contributed by atoms with E-state index in [9.17, 15) is 9.59 Å². The number of imidazole rings is 1. The fraction of sp³-hybridized carbons (Fsp3) is 0.522. The average molecular weight is 428 g/mol. The van der Waals surface area contributed by atoms with Gasteiger partial charge in [-0.05, 0) is 57.6 Å². The molecular weight excluding hydrogens is 398 g/mol. The molecule has 2 aromatic rings. The lowest BCUT2D eigenvalue weighted by atomic mass is 9.98. The first kappa shape index (κ1) is 21.0. The molecule has 1 aliphatic carbocycles. The molecule has 1 aromatic carbocycles. The van der Waals surface area contributed by atoms with Crippen LogP contribution in [0.5, 0.6) is 0 Å². The maximum Gasteiger partial charge on any atom is 0.310 e. The third kappa shape index (κ3) is 4.56. The van der Waals surface area contributed by atoms with Crippen molar-refractivity contribution in [3.63, 3.8) is 0 Å². The molecule has 7 heteroatoms. The predicted molar refractivity (Wildman–Crippen MR) is 117 cm³/mol. The summed E-state index contributed by atoms with van der Waals surface area (Å²) in [7, 11) is 0. The van der Waals surface area contributed by atoms with E-state index in [1.54, 1.807) is 0 Å². The summed E-state index contributed by atoms with van der Waals surface area (Å²) < 4.78 is 7.38. The third-order valence-corrected chi connectivity index (χ3v) is 6.76. The van der Waals surface area contributed by atoms with Crippen LogP contribution in [0.1, 0.15) is 44.0 Å². The van der Waals surface area contributed by atoms with Crippen molar-refractivity contribution in [3.8, 4) is 5.69 Å². The molecule has 6 nitrogen and oxygen atoms in total. The lowest BCUT2D eigenvalue weighted by Crippen LogP contribution is -2.43. The number of aryl methyl sites for hydroxylation is 1. The van der Waals surface area contributed by atoms with Crippen LogP contribution in [-0.2, 0) is 27.2 Å². The second-order valence-electron chi connectivity index (χ2n) is 7.89. The molecule has 2 heterocycles. The molecule has 0 N–H and O–H groups in total. The fourth-order valence-corrected chi connectivity index (χ4v) is 5.28. The third-order valence-electron chi connectivity index (χ3n) is 5.84. The molecule has 1 aromatic heterocycles. The van der Waals surface area contributed by atoms with Gasteiger partial charge in [0.15, 0.2) is 5.16 Å². The Hall–Kier alpha value is -2.28. The minimum Gasteiger partial charge on any atom is -0.466 e. The summed E-state index contributed by atoms with van der Waals surface area (Å²) in [6.07, 6.45) is 6.01. The number of amides is 1. The molecule has 1 aliphatic heterocycles. The molecule has 4 rings (SSSR count). The Labute approximate surface area is 182 Å². The molecule has 2 aliphatic rings. The number of piperidine rings is 1. The van der Waals surface area contributed by atoms with Crippen LogP contribution in [-0.4, -0.2) is 51.8 Å². The van der Waals surface area contributed by atoms with Crippen molar-refractivity contribution in [2.24, 2.45) is 5.92 Å². The number of carbonyl (C=O) groups excluding carboxylic acids is 2. The first-order chi connectivity index (χ1) is 14.7. The van der Waals surface area contributed by atoms with Crippen LogP contribution >= 0.6 is 11.8 Å². The number of esters is 1. The highest BCUT2D eigenvalue weighted by molar-refractivity contribution is 7.99. The van der Waals surface area contributed by atoms with Crippen molar-refractivity contribution in [3.05, 3.63) is 41.7 Å². The van der Waals surface area contributed by atoms with Gasteiger partial charge in [0.1, 0.15) is 0 Å². The minimum absolute atomic E-state index is 0.0644. The molecule has 0 spiro atoms. The van der Waals surface area contributed by atoms with E-state index in [2.05, 4.69) is 16.7 Å². The Morgan fingerprint density at radius 1 is 1.17 bits per heavy atom. The summed E-state index contributed by atoms with van der Waals surface area (Å²) in [4.78, 5) is 31.7. The van der Waals surface area contributed by atoms with Crippen LogP contribution in [0, 0.1) is 5.92 Å². The number of ether oxygens (including phenoxy) is 1. The maximum atomic E-state index is 12.9. The number of para-hydroxylation sites is 1. The van der Waals surface area contributed by atoms with Gasteiger partial charge in [-0.1, -0.05) is 30.0 Å². The summed E-state index contributed by atoms with van der Waals surface area (Å²) in [5.74, 6) is 0.00829. The lowest BCUT2D eigenvalue weighted by molar-refractivity contribution is -0.151. The number of likely N-dealkylation sites (tertiary alicyclic amines) is 1. The standard InChI is InChI=1S/C23H29N3O3S/c1-2-29-22(28)17-9-8-14-25(15-17)21(27)16-30-23-24-19-12-6-7-13-20(19)26(23)18-10-4-3-5-11-18/h3-5,10-11,17H,2,6-9,12-16H2,1H3. The van der Waals surface area contributed by atoms with Crippen molar-refractivity contribution in [1.29, 1.82) is 0 Å². The predicted octanol–water partition coefficient (Wildman–Crippen LogP) is 3.64. The van der Waals surface area contributed by atoms with Gasteiger partial charge in [-0.15, -0.1) is 0 Å². The highest BCUT2D eigenvalue weighted by Gasteiger charge is 2.30. The number of hydrogen-bond acceptors (Lipinski definition) is 5. The molecule has 160 valence electrons. The van der Waals surface area contributed by atoms with Crippen LogP contribution in [0.15, 0.2) is 35.5 Å². The van der Waals surface area contributed by atoms with E-state index in [4.69, 9.17) is 9.72 Å². The van der Waals surface area contributed by atoms with E-state index in [1.807, 2.05) is 30.0 Å². The SMILES string of the molecule is CCOC(=O)C1CCCN(C(=O)CSc2nc3c(n2-c2ccccc2)CCCC3)C1. The Morgan fingerprint density at radius 2 is 1.97 bits per heavy atom.